The zero-order chi connectivity index (χ0) is 20.4. The highest BCUT2D eigenvalue weighted by molar-refractivity contribution is 7.85. The Balaban J connectivity index is 1.74. The molecule has 3 nitrogen and oxygen atoms in total. The molecule has 0 aliphatic rings. The SMILES string of the molecule is Cc1ccc([S@](=O)c2cc3ccccc3n2C(=O)C[C@@H](C)c2ccccc2)cc1. The maximum absolute atomic E-state index is 13.3. The average Bonchev–Trinajstić information content (AvgIpc) is 3.14. The lowest BCUT2D eigenvalue weighted by molar-refractivity contribution is 0.0891. The van der Waals surface area contributed by atoms with Crippen LogP contribution in [0.4, 0.5) is 0 Å². The van der Waals surface area contributed by atoms with Crippen LogP contribution in [-0.4, -0.2) is 14.7 Å². The van der Waals surface area contributed by atoms with E-state index in [0.29, 0.717) is 16.3 Å². The van der Waals surface area contributed by atoms with E-state index in [4.69, 9.17) is 0 Å². The molecule has 0 N–H and O–H groups in total. The van der Waals surface area contributed by atoms with Gasteiger partial charge in [-0.25, -0.2) is 4.21 Å². The Morgan fingerprint density at radius 1 is 0.931 bits per heavy atom. The van der Waals surface area contributed by atoms with Crippen molar-refractivity contribution >= 4 is 27.6 Å². The summed E-state index contributed by atoms with van der Waals surface area (Å²) in [5.41, 5.74) is 3.03. The Hall–Kier alpha value is -2.98. The van der Waals surface area contributed by atoms with Crippen molar-refractivity contribution in [2.75, 3.05) is 0 Å². The van der Waals surface area contributed by atoms with Crippen LogP contribution in [0.5, 0.6) is 0 Å². The molecule has 146 valence electrons. The molecule has 29 heavy (non-hydrogen) atoms. The van der Waals surface area contributed by atoms with Crippen LogP contribution >= 0.6 is 0 Å². The second kappa shape index (κ2) is 8.18. The summed E-state index contributed by atoms with van der Waals surface area (Å²) < 4.78 is 15.0. The van der Waals surface area contributed by atoms with Crippen LogP contribution in [0.25, 0.3) is 10.9 Å². The van der Waals surface area contributed by atoms with Crippen molar-refractivity contribution < 1.29 is 9.00 Å². The number of hydrogen-bond acceptors (Lipinski definition) is 2. The highest BCUT2D eigenvalue weighted by Gasteiger charge is 2.22. The van der Waals surface area contributed by atoms with Gasteiger partial charge in [0.2, 0.25) is 5.91 Å². The van der Waals surface area contributed by atoms with E-state index in [1.807, 2.05) is 91.9 Å². The third-order valence-corrected chi connectivity index (χ3v) is 6.58. The van der Waals surface area contributed by atoms with Gasteiger partial charge in [-0.1, -0.05) is 73.2 Å². The average molecular weight is 402 g/mol. The molecule has 4 heteroatoms. The summed E-state index contributed by atoms with van der Waals surface area (Å²) in [6, 6.07) is 27.2. The van der Waals surface area contributed by atoms with E-state index < -0.39 is 10.8 Å². The van der Waals surface area contributed by atoms with Crippen molar-refractivity contribution in [2.45, 2.75) is 36.1 Å². The summed E-state index contributed by atoms with van der Waals surface area (Å²) in [4.78, 5) is 14.0. The van der Waals surface area contributed by atoms with Crippen molar-refractivity contribution in [2.24, 2.45) is 0 Å². The first-order valence-electron chi connectivity index (χ1n) is 9.71. The highest BCUT2D eigenvalue weighted by Crippen LogP contribution is 2.28. The van der Waals surface area contributed by atoms with E-state index in [0.717, 1.165) is 22.0 Å². The number of para-hydroxylation sites is 1. The maximum atomic E-state index is 13.3. The molecular weight excluding hydrogens is 378 g/mol. The number of fused-ring (bicyclic) bond motifs is 1. The van der Waals surface area contributed by atoms with Gasteiger partial charge in [-0.05, 0) is 42.7 Å². The number of carbonyl (C=O) groups is 1. The van der Waals surface area contributed by atoms with E-state index in [1.165, 1.54) is 0 Å². The normalized spacial score (nSPS) is 13.3. The van der Waals surface area contributed by atoms with Crippen LogP contribution < -0.4 is 0 Å². The fourth-order valence-corrected chi connectivity index (χ4v) is 4.78. The topological polar surface area (TPSA) is 39.1 Å². The second-order valence-electron chi connectivity index (χ2n) is 7.37. The van der Waals surface area contributed by atoms with Gasteiger partial charge in [-0.2, -0.15) is 0 Å². The molecule has 3 aromatic carbocycles. The zero-order valence-electron chi connectivity index (χ0n) is 16.5. The van der Waals surface area contributed by atoms with Crippen LogP contribution in [0.1, 0.15) is 35.2 Å². The van der Waals surface area contributed by atoms with Crippen molar-refractivity contribution in [1.29, 1.82) is 0 Å². The van der Waals surface area contributed by atoms with Gasteiger partial charge < -0.3 is 0 Å². The molecular formula is C25H23NO2S. The molecule has 0 amide bonds. The van der Waals surface area contributed by atoms with Crippen molar-refractivity contribution in [3.05, 3.63) is 96.1 Å². The van der Waals surface area contributed by atoms with Crippen molar-refractivity contribution in [3.63, 3.8) is 0 Å². The molecule has 2 atom stereocenters. The Morgan fingerprint density at radius 2 is 1.59 bits per heavy atom. The molecule has 0 unspecified atom stereocenters. The molecule has 0 spiro atoms. The molecule has 1 heterocycles. The molecule has 1 aromatic heterocycles. The fourth-order valence-electron chi connectivity index (χ4n) is 3.56. The summed E-state index contributed by atoms with van der Waals surface area (Å²) in [5, 5.41) is 1.45. The van der Waals surface area contributed by atoms with Crippen LogP contribution in [0.2, 0.25) is 0 Å². The molecule has 0 aliphatic carbocycles. The lowest BCUT2D eigenvalue weighted by atomic mass is 9.97. The predicted octanol–water partition coefficient (Wildman–Crippen LogP) is 5.95. The van der Waals surface area contributed by atoms with Gasteiger partial charge in [0.15, 0.2) is 0 Å². The number of carbonyl (C=O) groups excluding carboxylic acids is 1. The Kier molecular flexibility index (Phi) is 5.45. The Bertz CT molecular complexity index is 1180. The molecule has 0 saturated carbocycles. The third-order valence-electron chi connectivity index (χ3n) is 5.20. The Morgan fingerprint density at radius 3 is 2.31 bits per heavy atom. The van der Waals surface area contributed by atoms with Gasteiger partial charge in [0, 0.05) is 16.7 Å². The van der Waals surface area contributed by atoms with Crippen molar-refractivity contribution in [1.82, 2.24) is 4.57 Å². The van der Waals surface area contributed by atoms with Crippen LogP contribution in [-0.2, 0) is 10.8 Å². The first kappa shape index (κ1) is 19.3. The monoisotopic (exact) mass is 401 g/mol. The van der Waals surface area contributed by atoms with E-state index >= 15 is 0 Å². The summed E-state index contributed by atoms with van der Waals surface area (Å²) in [7, 11) is -1.44. The van der Waals surface area contributed by atoms with Gasteiger partial charge in [0.25, 0.3) is 0 Å². The second-order valence-corrected chi connectivity index (χ2v) is 8.80. The third kappa shape index (κ3) is 3.94. The fraction of sp³-hybridized carbons (Fsp3) is 0.160. The molecule has 0 aliphatic heterocycles. The van der Waals surface area contributed by atoms with Gasteiger partial charge in [0.1, 0.15) is 15.8 Å². The molecule has 4 aromatic rings. The number of aromatic nitrogens is 1. The Labute approximate surface area is 173 Å². The van der Waals surface area contributed by atoms with E-state index in [1.54, 1.807) is 4.57 Å². The van der Waals surface area contributed by atoms with Gasteiger partial charge in [-0.15, -0.1) is 0 Å². The van der Waals surface area contributed by atoms with Gasteiger partial charge in [-0.3, -0.25) is 9.36 Å². The number of aryl methyl sites for hydroxylation is 1. The standard InChI is InChI=1S/C25H23NO2S/c1-18-12-14-22(15-13-18)29(28)25-17-21-10-6-7-11-23(21)26(25)24(27)16-19(2)20-8-4-3-5-9-20/h3-15,17,19H,16H2,1-2H3/t19-,29+/m1/s1. The first-order chi connectivity index (χ1) is 14.0. The predicted molar refractivity (Wildman–Crippen MR) is 118 cm³/mol. The first-order valence-corrected chi connectivity index (χ1v) is 10.9. The molecule has 0 radical (unpaired) electrons. The van der Waals surface area contributed by atoms with Gasteiger partial charge >= 0.3 is 0 Å². The van der Waals surface area contributed by atoms with E-state index in [9.17, 15) is 9.00 Å². The minimum absolute atomic E-state index is 0.0435. The number of rotatable bonds is 5. The minimum atomic E-state index is -1.44. The molecule has 0 saturated heterocycles. The minimum Gasteiger partial charge on any atom is -0.274 e. The lowest BCUT2D eigenvalue weighted by Gasteiger charge is -2.14. The van der Waals surface area contributed by atoms with Gasteiger partial charge in [0.05, 0.1) is 5.52 Å². The molecule has 0 fully saturated rings. The number of benzene rings is 3. The highest BCUT2D eigenvalue weighted by atomic mass is 32.2. The molecule has 4 rings (SSSR count). The van der Waals surface area contributed by atoms with E-state index in [-0.39, 0.29) is 11.8 Å². The summed E-state index contributed by atoms with van der Waals surface area (Å²) in [5.74, 6) is 0.0311. The van der Waals surface area contributed by atoms with Crippen LogP contribution in [0.3, 0.4) is 0 Å². The smallest absolute Gasteiger partial charge is 0.232 e. The lowest BCUT2D eigenvalue weighted by Crippen LogP contribution is -2.16. The zero-order valence-corrected chi connectivity index (χ0v) is 17.4. The van der Waals surface area contributed by atoms with E-state index in [2.05, 4.69) is 6.92 Å². The quantitative estimate of drug-likeness (QED) is 0.414. The van der Waals surface area contributed by atoms with Crippen LogP contribution in [0.15, 0.2) is 94.9 Å². The number of nitrogens with zero attached hydrogens (tertiary/aromatic N) is 1. The number of hydrogen-bond donors (Lipinski definition) is 0. The summed E-state index contributed by atoms with van der Waals surface area (Å²) >= 11 is 0. The van der Waals surface area contributed by atoms with Crippen LogP contribution in [0, 0.1) is 6.92 Å². The summed E-state index contributed by atoms with van der Waals surface area (Å²) in [6.45, 7) is 4.05. The van der Waals surface area contributed by atoms with Crippen molar-refractivity contribution in [3.8, 4) is 0 Å². The molecule has 0 bridgehead atoms. The summed E-state index contributed by atoms with van der Waals surface area (Å²) in [6.07, 6.45) is 0.348. The largest absolute Gasteiger partial charge is 0.274 e. The maximum Gasteiger partial charge on any atom is 0.232 e.